The zero-order valence-corrected chi connectivity index (χ0v) is 19.1. The highest BCUT2D eigenvalue weighted by Gasteiger charge is 2.82. The molecular formula is C24H30O6S. The topological polar surface area (TPSA) is 93.2 Å². The first-order valence-corrected chi connectivity index (χ1v) is 12.3. The molecule has 0 bridgehead atoms. The van der Waals surface area contributed by atoms with Gasteiger partial charge in [0.1, 0.15) is 5.60 Å². The zero-order valence-electron chi connectivity index (χ0n) is 18.3. The molecule has 5 rings (SSSR count). The lowest BCUT2D eigenvalue weighted by Gasteiger charge is -2.55. The van der Waals surface area contributed by atoms with Gasteiger partial charge in [0, 0.05) is 17.3 Å². The van der Waals surface area contributed by atoms with Gasteiger partial charge in [0.2, 0.25) is 5.12 Å². The predicted molar refractivity (Wildman–Crippen MR) is 115 cm³/mol. The second kappa shape index (κ2) is 6.78. The summed E-state index contributed by atoms with van der Waals surface area (Å²) in [5.74, 6) is -0.271. The lowest BCUT2D eigenvalue weighted by atomic mass is 9.47. The summed E-state index contributed by atoms with van der Waals surface area (Å²) in [5, 5.41) is 9.20. The van der Waals surface area contributed by atoms with Crippen LogP contribution in [-0.4, -0.2) is 45.2 Å². The van der Waals surface area contributed by atoms with Gasteiger partial charge in [0.25, 0.3) is 0 Å². The summed E-state index contributed by atoms with van der Waals surface area (Å²) in [5.41, 5.74) is -1.29. The Labute approximate surface area is 186 Å². The van der Waals surface area contributed by atoms with Crippen LogP contribution in [0.15, 0.2) is 23.8 Å². The summed E-state index contributed by atoms with van der Waals surface area (Å²) in [6.07, 6.45) is 9.27. The third-order valence-corrected chi connectivity index (χ3v) is 9.88. The van der Waals surface area contributed by atoms with Crippen molar-refractivity contribution in [3.05, 3.63) is 23.8 Å². The normalized spacial score (nSPS) is 46.9. The summed E-state index contributed by atoms with van der Waals surface area (Å²) >= 11 is 0.835. The molecule has 5 aliphatic rings. The van der Waals surface area contributed by atoms with E-state index in [1.54, 1.807) is 19.1 Å². The maximum atomic E-state index is 13.3. The number of fused-ring (bicyclic) bond motifs is 3. The van der Waals surface area contributed by atoms with Crippen molar-refractivity contribution in [3.8, 4) is 0 Å². The lowest BCUT2D eigenvalue weighted by Crippen LogP contribution is -2.61. The van der Waals surface area contributed by atoms with Crippen LogP contribution in [0.4, 0.5) is 0 Å². The van der Waals surface area contributed by atoms with Crippen LogP contribution >= 0.6 is 11.8 Å². The van der Waals surface area contributed by atoms with Crippen molar-refractivity contribution in [1.29, 1.82) is 0 Å². The van der Waals surface area contributed by atoms with E-state index in [1.807, 2.05) is 6.08 Å². The van der Waals surface area contributed by atoms with Crippen molar-refractivity contribution in [2.75, 3.05) is 5.94 Å². The number of aliphatic hydroxyl groups excluding tert-OH is 1. The number of carbonyl (C=O) groups is 3. The number of aliphatic hydroxyl groups is 1. The second-order valence-corrected chi connectivity index (χ2v) is 11.1. The van der Waals surface area contributed by atoms with E-state index in [4.69, 9.17) is 9.47 Å². The summed E-state index contributed by atoms with van der Waals surface area (Å²) in [7, 11) is 0. The summed E-state index contributed by atoms with van der Waals surface area (Å²) in [6, 6.07) is 0. The van der Waals surface area contributed by atoms with Gasteiger partial charge < -0.3 is 14.6 Å². The molecule has 1 spiro atoms. The first-order valence-electron chi connectivity index (χ1n) is 11.3. The molecule has 0 radical (unpaired) electrons. The van der Waals surface area contributed by atoms with Gasteiger partial charge in [-0.3, -0.25) is 14.4 Å². The molecule has 1 aliphatic heterocycles. The number of esters is 1. The van der Waals surface area contributed by atoms with Crippen molar-refractivity contribution in [1.82, 2.24) is 0 Å². The minimum absolute atomic E-state index is 0.0400. The van der Waals surface area contributed by atoms with E-state index >= 15 is 0 Å². The van der Waals surface area contributed by atoms with Crippen molar-refractivity contribution in [3.63, 3.8) is 0 Å². The summed E-state index contributed by atoms with van der Waals surface area (Å²) in [6.45, 7) is 6.00. The number of epoxide rings is 1. The van der Waals surface area contributed by atoms with Gasteiger partial charge in [-0.1, -0.05) is 37.3 Å². The van der Waals surface area contributed by atoms with Crippen LogP contribution in [0.25, 0.3) is 0 Å². The Bertz CT molecular complexity index is 925. The predicted octanol–water partition coefficient (Wildman–Crippen LogP) is 3.33. The SMILES string of the molecule is CCC(=O)O[C@]1(C(=O)SCO)CCC2C3CCC4=CC(=O)C=CC4(C)[C@@]34O[C@H]4CC21C. The highest BCUT2D eigenvalue weighted by atomic mass is 32.2. The summed E-state index contributed by atoms with van der Waals surface area (Å²) < 4.78 is 12.5. The molecule has 1 N–H and O–H groups in total. The van der Waals surface area contributed by atoms with Crippen LogP contribution in [0, 0.1) is 22.7 Å². The molecule has 1 heterocycles. The Morgan fingerprint density at radius 2 is 2.06 bits per heavy atom. The lowest BCUT2D eigenvalue weighted by molar-refractivity contribution is -0.182. The fourth-order valence-corrected chi connectivity index (χ4v) is 8.35. The van der Waals surface area contributed by atoms with Gasteiger partial charge in [-0.25, -0.2) is 0 Å². The van der Waals surface area contributed by atoms with Gasteiger partial charge in [0.05, 0.1) is 12.0 Å². The van der Waals surface area contributed by atoms with Crippen molar-refractivity contribution in [2.45, 2.75) is 76.6 Å². The van der Waals surface area contributed by atoms with E-state index in [1.165, 1.54) is 0 Å². The van der Waals surface area contributed by atoms with Gasteiger partial charge in [-0.15, -0.1) is 0 Å². The molecule has 3 saturated carbocycles. The zero-order chi connectivity index (χ0) is 22.2. The van der Waals surface area contributed by atoms with E-state index in [9.17, 15) is 19.5 Å². The Kier molecular flexibility index (Phi) is 4.68. The molecule has 0 aromatic carbocycles. The highest BCUT2D eigenvalue weighted by molar-refractivity contribution is 8.13. The third-order valence-electron chi connectivity index (χ3n) is 9.16. The van der Waals surface area contributed by atoms with Crippen LogP contribution in [0.5, 0.6) is 0 Å². The molecule has 7 heteroatoms. The number of hydrogen-bond donors (Lipinski definition) is 1. The summed E-state index contributed by atoms with van der Waals surface area (Å²) in [4.78, 5) is 37.7. The number of allylic oxidation sites excluding steroid dienone is 2. The van der Waals surface area contributed by atoms with Crippen molar-refractivity contribution >= 4 is 28.6 Å². The smallest absolute Gasteiger partial charge is 0.306 e. The monoisotopic (exact) mass is 446 g/mol. The van der Waals surface area contributed by atoms with E-state index in [0.29, 0.717) is 12.8 Å². The van der Waals surface area contributed by atoms with Gasteiger partial charge in [0.15, 0.2) is 11.4 Å². The molecule has 0 aromatic heterocycles. The maximum Gasteiger partial charge on any atom is 0.306 e. The van der Waals surface area contributed by atoms with Gasteiger partial charge in [-0.05, 0) is 63.0 Å². The van der Waals surface area contributed by atoms with Crippen molar-refractivity contribution in [2.24, 2.45) is 22.7 Å². The van der Waals surface area contributed by atoms with E-state index in [2.05, 4.69) is 13.8 Å². The van der Waals surface area contributed by atoms with E-state index < -0.39 is 11.0 Å². The Balaban J connectivity index is 1.56. The van der Waals surface area contributed by atoms with E-state index in [0.717, 1.165) is 36.6 Å². The quantitative estimate of drug-likeness (QED) is 0.402. The highest BCUT2D eigenvalue weighted by Crippen LogP contribution is 2.76. The largest absolute Gasteiger partial charge is 0.449 e. The van der Waals surface area contributed by atoms with E-state index in [-0.39, 0.29) is 58.2 Å². The number of carbonyl (C=O) groups excluding carboxylic acids is 3. The molecule has 7 atom stereocenters. The Hall–Kier alpha value is -1.44. The standard InChI is InChI=1S/C24H30O6S/c1-4-19(27)30-23(20(28)31-13-25)10-8-16-17-6-5-14-11-15(26)7-9-21(14,2)24(17)18(29-24)12-22(16,23)3/h7,9,11,16-18,25H,4-6,8,10,12-13H2,1-3H3/t16?,17?,18-,21?,22?,23-,24+/m0/s1. The van der Waals surface area contributed by atoms with Crippen LogP contribution < -0.4 is 0 Å². The average molecular weight is 447 g/mol. The Morgan fingerprint density at radius 1 is 1.29 bits per heavy atom. The second-order valence-electron chi connectivity index (χ2n) is 10.1. The molecular weight excluding hydrogens is 416 g/mol. The van der Waals surface area contributed by atoms with Crippen molar-refractivity contribution < 1.29 is 29.0 Å². The fraction of sp³-hybridized carbons (Fsp3) is 0.708. The molecule has 4 fully saturated rings. The van der Waals surface area contributed by atoms with Gasteiger partial charge in [-0.2, -0.15) is 0 Å². The average Bonchev–Trinajstić information content (AvgIpc) is 3.38. The minimum Gasteiger partial charge on any atom is -0.449 e. The molecule has 0 amide bonds. The fourth-order valence-electron chi connectivity index (χ4n) is 7.62. The minimum atomic E-state index is -1.23. The Morgan fingerprint density at radius 3 is 2.77 bits per heavy atom. The van der Waals surface area contributed by atoms with Crippen LogP contribution in [-0.2, 0) is 23.9 Å². The van der Waals surface area contributed by atoms with Crippen LogP contribution in [0.3, 0.4) is 0 Å². The van der Waals surface area contributed by atoms with Crippen LogP contribution in [0.1, 0.15) is 59.3 Å². The molecule has 0 aromatic rings. The molecule has 1 saturated heterocycles. The maximum absolute atomic E-state index is 13.3. The third kappa shape index (κ3) is 2.51. The molecule has 31 heavy (non-hydrogen) atoms. The number of thioether (sulfide) groups is 1. The number of ether oxygens (including phenoxy) is 2. The number of rotatable bonds is 4. The molecule has 4 aliphatic carbocycles. The first-order chi connectivity index (χ1) is 14.7. The molecule has 6 nitrogen and oxygen atoms in total. The van der Waals surface area contributed by atoms with Gasteiger partial charge >= 0.3 is 5.97 Å². The van der Waals surface area contributed by atoms with Crippen LogP contribution in [0.2, 0.25) is 0 Å². The molecule has 4 unspecified atom stereocenters. The number of hydrogen-bond acceptors (Lipinski definition) is 7. The molecule has 168 valence electrons. The first kappa shape index (κ1) is 21.4. The number of ketones is 1.